The molecule has 178 valence electrons. The monoisotopic (exact) mass is 484 g/mol. The predicted octanol–water partition coefficient (Wildman–Crippen LogP) is 5.47. The fraction of sp³-hybridized carbons (Fsp3) is 0.214. The summed E-state index contributed by atoms with van der Waals surface area (Å²) in [6, 6.07) is 23.6. The van der Waals surface area contributed by atoms with E-state index in [0.717, 1.165) is 16.8 Å². The first kappa shape index (κ1) is 24.3. The first-order valence-corrected chi connectivity index (χ1v) is 12.0. The molecule has 35 heavy (non-hydrogen) atoms. The van der Waals surface area contributed by atoms with Crippen molar-refractivity contribution in [3.63, 3.8) is 0 Å². The number of hydrogen-bond acceptors (Lipinski definition) is 4. The number of nitrogens with one attached hydrogen (secondary N) is 2. The zero-order valence-corrected chi connectivity index (χ0v) is 20.8. The third-order valence-electron chi connectivity index (χ3n) is 5.66. The van der Waals surface area contributed by atoms with Crippen LogP contribution in [0.2, 0.25) is 0 Å². The Morgan fingerprint density at radius 1 is 1.00 bits per heavy atom. The minimum atomic E-state index is -0.799. The number of thiocarbonyl (C=S) groups is 1. The van der Waals surface area contributed by atoms with Gasteiger partial charge in [-0.25, -0.2) is 4.98 Å². The van der Waals surface area contributed by atoms with E-state index in [1.807, 2.05) is 87.5 Å². The summed E-state index contributed by atoms with van der Waals surface area (Å²) >= 11 is 5.43. The molecule has 0 fully saturated rings. The van der Waals surface area contributed by atoms with Crippen LogP contribution >= 0.6 is 12.2 Å². The fourth-order valence-corrected chi connectivity index (χ4v) is 4.30. The molecule has 1 aromatic heterocycles. The lowest BCUT2D eigenvalue weighted by Crippen LogP contribution is -2.43. The Kier molecular flexibility index (Phi) is 7.36. The molecule has 4 aromatic rings. The molecule has 0 aliphatic heterocycles. The van der Waals surface area contributed by atoms with E-state index in [2.05, 4.69) is 10.6 Å². The molecule has 4 rings (SSSR count). The van der Waals surface area contributed by atoms with Crippen molar-refractivity contribution in [1.29, 1.82) is 0 Å². The van der Waals surface area contributed by atoms with E-state index in [1.54, 1.807) is 12.1 Å². The summed E-state index contributed by atoms with van der Waals surface area (Å²) in [5.41, 5.74) is 2.95. The zero-order chi connectivity index (χ0) is 24.9. The number of aryl methyl sites for hydroxylation is 1. The topological polar surface area (TPSA) is 76.0 Å². The van der Waals surface area contributed by atoms with E-state index < -0.39 is 6.04 Å². The van der Waals surface area contributed by atoms with Crippen LogP contribution in [0.1, 0.15) is 31.9 Å². The van der Waals surface area contributed by atoms with Crippen LogP contribution in [0.15, 0.2) is 83.7 Å². The molecular formula is C28H28N4O2S. The van der Waals surface area contributed by atoms with Crippen LogP contribution in [0, 0.1) is 12.8 Å². The van der Waals surface area contributed by atoms with Crippen molar-refractivity contribution in [1.82, 2.24) is 14.9 Å². The average molecular weight is 485 g/mol. The first-order valence-electron chi connectivity index (χ1n) is 11.6. The number of rotatable bonds is 6. The van der Waals surface area contributed by atoms with E-state index >= 15 is 0 Å². The Hall–Kier alpha value is -3.84. The summed E-state index contributed by atoms with van der Waals surface area (Å²) in [6.45, 7) is 6.02. The molecule has 0 aliphatic carbocycles. The number of fused-ring (bicyclic) bond motifs is 1. The summed E-state index contributed by atoms with van der Waals surface area (Å²) in [6.07, 6.45) is 0.443. The number of para-hydroxylation sites is 1. The maximum Gasteiger partial charge on any atom is 0.262 e. The van der Waals surface area contributed by atoms with Gasteiger partial charge in [0.05, 0.1) is 10.9 Å². The predicted molar refractivity (Wildman–Crippen MR) is 145 cm³/mol. The van der Waals surface area contributed by atoms with Gasteiger partial charge < -0.3 is 10.6 Å². The van der Waals surface area contributed by atoms with Gasteiger partial charge in [-0.2, -0.15) is 0 Å². The number of hydrogen-bond donors (Lipinski definition) is 2. The molecule has 7 heteroatoms. The Labute approximate surface area is 210 Å². The van der Waals surface area contributed by atoms with Gasteiger partial charge in [0, 0.05) is 11.3 Å². The lowest BCUT2D eigenvalue weighted by Gasteiger charge is -2.24. The second-order valence-corrected chi connectivity index (χ2v) is 9.36. The van der Waals surface area contributed by atoms with Gasteiger partial charge in [0.2, 0.25) is 5.91 Å². The molecule has 0 saturated carbocycles. The molecule has 0 spiro atoms. The highest BCUT2D eigenvalue weighted by Gasteiger charge is 2.28. The summed E-state index contributed by atoms with van der Waals surface area (Å²) < 4.78 is 1.52. The van der Waals surface area contributed by atoms with E-state index in [1.165, 1.54) is 4.57 Å². The van der Waals surface area contributed by atoms with E-state index in [0.29, 0.717) is 23.1 Å². The molecule has 0 bridgehead atoms. The number of amides is 1. The SMILES string of the molecule is Cc1cccc(NC(=S)NC(=O)[C@H](CC(C)C)n2c(-c3ccccc3)nc3ccccc3c2=O)c1. The molecule has 0 saturated heterocycles. The fourth-order valence-electron chi connectivity index (χ4n) is 4.08. The van der Waals surface area contributed by atoms with E-state index in [-0.39, 0.29) is 22.5 Å². The minimum absolute atomic E-state index is 0.144. The lowest BCUT2D eigenvalue weighted by atomic mass is 10.0. The third-order valence-corrected chi connectivity index (χ3v) is 5.87. The van der Waals surface area contributed by atoms with Gasteiger partial charge in [0.15, 0.2) is 5.11 Å². The molecular weight excluding hydrogens is 456 g/mol. The molecule has 0 aliphatic rings. The summed E-state index contributed by atoms with van der Waals surface area (Å²) in [7, 11) is 0. The summed E-state index contributed by atoms with van der Waals surface area (Å²) in [5, 5.41) is 6.51. The second-order valence-electron chi connectivity index (χ2n) is 8.95. The molecule has 0 radical (unpaired) electrons. The molecule has 1 amide bonds. The number of carbonyl (C=O) groups excluding carboxylic acids is 1. The number of benzene rings is 3. The number of anilines is 1. The number of aromatic nitrogens is 2. The molecule has 2 N–H and O–H groups in total. The highest BCUT2D eigenvalue weighted by Crippen LogP contribution is 2.25. The van der Waals surface area contributed by atoms with Gasteiger partial charge in [-0.3, -0.25) is 14.2 Å². The Balaban J connectivity index is 1.77. The van der Waals surface area contributed by atoms with E-state index in [4.69, 9.17) is 17.2 Å². The molecule has 6 nitrogen and oxygen atoms in total. The summed E-state index contributed by atoms with van der Waals surface area (Å²) in [5.74, 6) is 0.235. The van der Waals surface area contributed by atoms with Crippen molar-refractivity contribution < 1.29 is 4.79 Å². The van der Waals surface area contributed by atoms with Crippen molar-refractivity contribution in [2.24, 2.45) is 5.92 Å². The van der Waals surface area contributed by atoms with Gasteiger partial charge in [-0.1, -0.05) is 68.4 Å². The average Bonchev–Trinajstić information content (AvgIpc) is 2.83. The molecule has 1 heterocycles. The maximum atomic E-state index is 13.8. The quantitative estimate of drug-likeness (QED) is 0.355. The Bertz CT molecular complexity index is 1430. The van der Waals surface area contributed by atoms with Gasteiger partial charge in [0.1, 0.15) is 11.9 Å². The van der Waals surface area contributed by atoms with Gasteiger partial charge in [-0.05, 0) is 61.3 Å². The number of nitrogens with zero attached hydrogens (tertiary/aromatic N) is 2. The van der Waals surface area contributed by atoms with Gasteiger partial charge in [0.25, 0.3) is 5.56 Å². The highest BCUT2D eigenvalue weighted by molar-refractivity contribution is 7.80. The first-order chi connectivity index (χ1) is 16.8. The normalized spacial score (nSPS) is 11.9. The number of carbonyl (C=O) groups is 1. The van der Waals surface area contributed by atoms with Crippen LogP contribution < -0.4 is 16.2 Å². The highest BCUT2D eigenvalue weighted by atomic mass is 32.1. The van der Waals surface area contributed by atoms with Crippen LogP contribution in [-0.2, 0) is 4.79 Å². The van der Waals surface area contributed by atoms with Crippen molar-refractivity contribution >= 4 is 39.8 Å². The van der Waals surface area contributed by atoms with Crippen molar-refractivity contribution in [3.8, 4) is 11.4 Å². The molecule has 0 unspecified atom stereocenters. The van der Waals surface area contributed by atoms with Crippen LogP contribution in [0.5, 0.6) is 0 Å². The van der Waals surface area contributed by atoms with Crippen LogP contribution in [0.25, 0.3) is 22.3 Å². The Morgan fingerprint density at radius 3 is 2.43 bits per heavy atom. The molecule has 3 aromatic carbocycles. The lowest BCUT2D eigenvalue weighted by molar-refractivity contribution is -0.123. The third kappa shape index (κ3) is 5.63. The smallest absolute Gasteiger partial charge is 0.262 e. The minimum Gasteiger partial charge on any atom is -0.332 e. The zero-order valence-electron chi connectivity index (χ0n) is 20.0. The van der Waals surface area contributed by atoms with Gasteiger partial charge >= 0.3 is 0 Å². The summed E-state index contributed by atoms with van der Waals surface area (Å²) in [4.78, 5) is 32.2. The van der Waals surface area contributed by atoms with E-state index in [9.17, 15) is 9.59 Å². The van der Waals surface area contributed by atoms with Crippen LogP contribution in [0.3, 0.4) is 0 Å². The van der Waals surface area contributed by atoms with Gasteiger partial charge in [-0.15, -0.1) is 0 Å². The second kappa shape index (κ2) is 10.6. The van der Waals surface area contributed by atoms with Crippen LogP contribution in [-0.4, -0.2) is 20.6 Å². The standard InChI is InChI=1S/C28H28N4O2S/c1-18(2)16-24(26(33)31-28(35)29-21-13-9-10-19(3)17-21)32-25(20-11-5-4-6-12-20)30-23-15-8-7-14-22(23)27(32)34/h4-15,17-18,24H,16H2,1-3H3,(H2,29,31,33,35)/t24-/m0/s1. The van der Waals surface area contributed by atoms with Crippen molar-refractivity contribution in [2.75, 3.05) is 5.32 Å². The Morgan fingerprint density at radius 2 is 1.71 bits per heavy atom. The maximum absolute atomic E-state index is 13.8. The molecule has 1 atom stereocenters. The largest absolute Gasteiger partial charge is 0.332 e. The van der Waals surface area contributed by atoms with Crippen molar-refractivity contribution in [2.45, 2.75) is 33.2 Å². The van der Waals surface area contributed by atoms with Crippen molar-refractivity contribution in [3.05, 3.63) is 94.8 Å². The van der Waals surface area contributed by atoms with Crippen LogP contribution in [0.4, 0.5) is 5.69 Å².